The molecule has 140 valence electrons. The van der Waals surface area contributed by atoms with Gasteiger partial charge in [0.15, 0.2) is 28.6 Å². The van der Waals surface area contributed by atoms with Gasteiger partial charge in [-0.05, 0) is 29.8 Å². The van der Waals surface area contributed by atoms with E-state index in [2.05, 4.69) is 22.8 Å². The second-order valence-corrected chi connectivity index (χ2v) is 7.14. The first-order valence-electron chi connectivity index (χ1n) is 8.83. The van der Waals surface area contributed by atoms with Crippen LogP contribution >= 0.6 is 11.8 Å². The molecule has 7 heteroatoms. The quantitative estimate of drug-likeness (QED) is 0.465. The van der Waals surface area contributed by atoms with Gasteiger partial charge in [-0.25, -0.2) is 0 Å². The summed E-state index contributed by atoms with van der Waals surface area (Å²) in [5, 5.41) is 18.4. The lowest BCUT2D eigenvalue weighted by Crippen LogP contribution is -2.25. The fourth-order valence-corrected chi connectivity index (χ4v) is 3.83. The molecule has 1 atom stereocenters. The van der Waals surface area contributed by atoms with E-state index in [0.717, 1.165) is 28.0 Å². The fraction of sp³-hybridized carbons (Fsp3) is 0.190. The minimum Gasteiger partial charge on any atom is -0.485 e. The Bertz CT molecular complexity index is 1020. The average Bonchev–Trinajstić information content (AvgIpc) is 3.15. The molecule has 0 bridgehead atoms. The lowest BCUT2D eigenvalue weighted by atomic mass is 10.2. The number of allylic oxidation sites excluding steroid dienone is 1. The molecule has 2 heterocycles. The number of nitrogens with zero attached hydrogens (tertiary/aromatic N) is 4. The predicted molar refractivity (Wildman–Crippen MR) is 106 cm³/mol. The molecule has 6 nitrogen and oxygen atoms in total. The van der Waals surface area contributed by atoms with Crippen molar-refractivity contribution in [3.63, 3.8) is 0 Å². The number of para-hydroxylation sites is 2. The summed E-state index contributed by atoms with van der Waals surface area (Å²) in [6.07, 6.45) is 1.49. The monoisotopic (exact) mass is 390 g/mol. The smallest absolute Gasteiger partial charge is 0.192 e. The number of ether oxygens (including phenoxy) is 2. The number of thioether (sulfide) groups is 1. The molecule has 1 aromatic heterocycles. The highest BCUT2D eigenvalue weighted by atomic mass is 32.2. The first kappa shape index (κ1) is 18.1. The highest BCUT2D eigenvalue weighted by Gasteiger charge is 2.28. The van der Waals surface area contributed by atoms with Crippen LogP contribution in [0.4, 0.5) is 0 Å². The van der Waals surface area contributed by atoms with E-state index in [1.807, 2.05) is 59.2 Å². The van der Waals surface area contributed by atoms with Gasteiger partial charge in [0.1, 0.15) is 6.61 Å². The third kappa shape index (κ3) is 3.73. The van der Waals surface area contributed by atoms with Crippen LogP contribution in [0.15, 0.2) is 66.3 Å². The van der Waals surface area contributed by atoms with Crippen LogP contribution in [-0.2, 0) is 12.3 Å². The minimum atomic E-state index is -0.327. The number of fused-ring (bicyclic) bond motifs is 1. The highest BCUT2D eigenvalue weighted by Crippen LogP contribution is 2.36. The van der Waals surface area contributed by atoms with E-state index in [-0.39, 0.29) is 6.10 Å². The highest BCUT2D eigenvalue weighted by molar-refractivity contribution is 7.98. The van der Waals surface area contributed by atoms with Gasteiger partial charge in [-0.2, -0.15) is 5.26 Å². The first-order chi connectivity index (χ1) is 13.8. The van der Waals surface area contributed by atoms with Crippen LogP contribution in [0, 0.1) is 11.3 Å². The van der Waals surface area contributed by atoms with Crippen molar-refractivity contribution in [2.45, 2.75) is 23.6 Å². The predicted octanol–water partition coefficient (Wildman–Crippen LogP) is 4.14. The van der Waals surface area contributed by atoms with Gasteiger partial charge >= 0.3 is 0 Å². The zero-order chi connectivity index (χ0) is 19.3. The Balaban J connectivity index is 1.52. The van der Waals surface area contributed by atoms with Crippen LogP contribution in [0.5, 0.6) is 11.5 Å². The summed E-state index contributed by atoms with van der Waals surface area (Å²) >= 11 is 1.59. The Hall–Kier alpha value is -3.24. The lowest BCUT2D eigenvalue weighted by molar-refractivity contribution is 0.0821. The van der Waals surface area contributed by atoms with Crippen molar-refractivity contribution in [2.24, 2.45) is 0 Å². The molecular formula is C21H18N4O2S. The molecule has 0 N–H and O–H groups in total. The van der Waals surface area contributed by atoms with Crippen LogP contribution in [-0.4, -0.2) is 21.4 Å². The third-order valence-corrected chi connectivity index (χ3v) is 5.34. The Kier molecular flexibility index (Phi) is 5.31. The summed E-state index contributed by atoms with van der Waals surface area (Å²) in [5.74, 6) is 2.89. The molecule has 0 radical (unpaired) electrons. The van der Waals surface area contributed by atoms with Crippen LogP contribution in [0.25, 0.3) is 0 Å². The van der Waals surface area contributed by atoms with E-state index in [1.54, 1.807) is 11.8 Å². The Labute approximate surface area is 167 Å². The van der Waals surface area contributed by atoms with Gasteiger partial charge in [0.05, 0.1) is 11.6 Å². The van der Waals surface area contributed by atoms with E-state index in [4.69, 9.17) is 14.7 Å². The first-order valence-corrected chi connectivity index (χ1v) is 9.81. The molecule has 0 saturated heterocycles. The molecule has 1 aliphatic rings. The van der Waals surface area contributed by atoms with Gasteiger partial charge in [0, 0.05) is 12.3 Å². The van der Waals surface area contributed by atoms with Crippen LogP contribution in [0.1, 0.15) is 23.1 Å². The number of benzene rings is 2. The van der Waals surface area contributed by atoms with Crippen molar-refractivity contribution in [1.82, 2.24) is 14.8 Å². The van der Waals surface area contributed by atoms with Gasteiger partial charge in [0.2, 0.25) is 0 Å². The molecule has 0 fully saturated rings. The van der Waals surface area contributed by atoms with Crippen molar-refractivity contribution in [1.29, 1.82) is 5.26 Å². The normalized spacial score (nSPS) is 15.0. The Morgan fingerprint density at radius 2 is 1.96 bits per heavy atom. The molecule has 1 aliphatic heterocycles. The molecule has 0 spiro atoms. The van der Waals surface area contributed by atoms with Crippen molar-refractivity contribution in [3.8, 4) is 17.6 Å². The van der Waals surface area contributed by atoms with E-state index in [9.17, 15) is 0 Å². The zero-order valence-electron chi connectivity index (χ0n) is 15.1. The van der Waals surface area contributed by atoms with Crippen molar-refractivity contribution >= 4 is 11.8 Å². The Morgan fingerprint density at radius 3 is 2.71 bits per heavy atom. The van der Waals surface area contributed by atoms with Gasteiger partial charge in [-0.1, -0.05) is 42.1 Å². The topological polar surface area (TPSA) is 73.0 Å². The second-order valence-electron chi connectivity index (χ2n) is 6.20. The maximum absolute atomic E-state index is 8.91. The van der Waals surface area contributed by atoms with Crippen LogP contribution in [0.3, 0.4) is 0 Å². The standard InChI is InChI=1S/C21H18N4O2S/c1-2-11-25-20(19-13-26-17-5-3-4-6-18(17)27-19)23-24-21(25)28-14-16-9-7-15(12-22)8-10-16/h2-10,19H,1,11,13-14H2/t19-/m0/s1. The Morgan fingerprint density at radius 1 is 1.18 bits per heavy atom. The molecule has 3 aromatic rings. The number of rotatable bonds is 6. The third-order valence-electron chi connectivity index (χ3n) is 4.30. The van der Waals surface area contributed by atoms with E-state index < -0.39 is 0 Å². The molecular weight excluding hydrogens is 372 g/mol. The molecule has 0 amide bonds. The maximum atomic E-state index is 8.91. The number of hydrogen-bond donors (Lipinski definition) is 0. The number of nitriles is 1. The number of aromatic nitrogens is 3. The summed E-state index contributed by atoms with van der Waals surface area (Å²) in [6.45, 7) is 4.81. The van der Waals surface area contributed by atoms with Crippen LogP contribution in [0.2, 0.25) is 0 Å². The largest absolute Gasteiger partial charge is 0.485 e. The van der Waals surface area contributed by atoms with Crippen molar-refractivity contribution < 1.29 is 9.47 Å². The van der Waals surface area contributed by atoms with Gasteiger partial charge in [0.25, 0.3) is 0 Å². The van der Waals surface area contributed by atoms with Gasteiger partial charge < -0.3 is 9.47 Å². The molecule has 28 heavy (non-hydrogen) atoms. The van der Waals surface area contributed by atoms with Crippen molar-refractivity contribution in [3.05, 3.63) is 78.1 Å². The molecule has 0 saturated carbocycles. The summed E-state index contributed by atoms with van der Waals surface area (Å²) < 4.78 is 13.9. The van der Waals surface area contributed by atoms with E-state index in [0.29, 0.717) is 24.5 Å². The number of hydrogen-bond acceptors (Lipinski definition) is 6. The zero-order valence-corrected chi connectivity index (χ0v) is 15.9. The van der Waals surface area contributed by atoms with Crippen LogP contribution < -0.4 is 9.47 Å². The molecule has 0 unspecified atom stereocenters. The average molecular weight is 390 g/mol. The molecule has 4 rings (SSSR count). The molecule has 0 aliphatic carbocycles. The SMILES string of the molecule is C=CCn1c(SCc2ccc(C#N)cc2)nnc1[C@@H]1COc2ccccc2O1. The summed E-state index contributed by atoms with van der Waals surface area (Å²) in [6, 6.07) is 17.3. The summed E-state index contributed by atoms with van der Waals surface area (Å²) in [4.78, 5) is 0. The molecule has 2 aromatic carbocycles. The van der Waals surface area contributed by atoms with Crippen molar-refractivity contribution in [2.75, 3.05) is 6.61 Å². The summed E-state index contributed by atoms with van der Waals surface area (Å²) in [7, 11) is 0. The van der Waals surface area contributed by atoms with Gasteiger partial charge in [-0.3, -0.25) is 4.57 Å². The van der Waals surface area contributed by atoms with Gasteiger partial charge in [-0.15, -0.1) is 16.8 Å². The second kappa shape index (κ2) is 8.19. The minimum absolute atomic E-state index is 0.327. The lowest BCUT2D eigenvalue weighted by Gasteiger charge is -2.26. The van der Waals surface area contributed by atoms with E-state index in [1.165, 1.54) is 0 Å². The maximum Gasteiger partial charge on any atom is 0.192 e. The fourth-order valence-electron chi connectivity index (χ4n) is 2.92. The summed E-state index contributed by atoms with van der Waals surface area (Å²) in [5.41, 5.74) is 1.77. The van der Waals surface area contributed by atoms with E-state index >= 15 is 0 Å².